The third kappa shape index (κ3) is 4.11. The van der Waals surface area contributed by atoms with E-state index in [9.17, 15) is 19.5 Å². The highest BCUT2D eigenvalue weighted by Crippen LogP contribution is 2.37. The number of carboxylic acids is 1. The van der Waals surface area contributed by atoms with Crippen LogP contribution in [0.25, 0.3) is 17.0 Å². The third-order valence-corrected chi connectivity index (χ3v) is 6.60. The van der Waals surface area contributed by atoms with E-state index in [4.69, 9.17) is 11.6 Å². The Bertz CT molecular complexity index is 1510. The van der Waals surface area contributed by atoms with E-state index >= 15 is 0 Å². The summed E-state index contributed by atoms with van der Waals surface area (Å²) in [5.74, 6) is -1.38. The van der Waals surface area contributed by atoms with Gasteiger partial charge in [0, 0.05) is 34.2 Å². The van der Waals surface area contributed by atoms with Crippen LogP contribution in [0.15, 0.2) is 83.9 Å². The number of amides is 2. The summed E-state index contributed by atoms with van der Waals surface area (Å²) in [5, 5.41) is 10.3. The molecule has 0 saturated carbocycles. The summed E-state index contributed by atoms with van der Waals surface area (Å²) in [7, 11) is 0. The number of hydrogen-bond acceptors (Lipinski definition) is 4. The molecule has 0 unspecified atom stereocenters. The monoisotopic (exact) mass is 488 g/mol. The first-order chi connectivity index (χ1) is 16.4. The number of para-hydroxylation sites is 1. The van der Waals surface area contributed by atoms with Gasteiger partial charge in [0.05, 0.1) is 16.2 Å². The van der Waals surface area contributed by atoms with Gasteiger partial charge in [0.2, 0.25) is 0 Å². The van der Waals surface area contributed by atoms with E-state index in [2.05, 4.69) is 0 Å². The van der Waals surface area contributed by atoms with Crippen molar-refractivity contribution in [2.24, 2.45) is 0 Å². The van der Waals surface area contributed by atoms with Crippen LogP contribution in [-0.2, 0) is 11.3 Å². The highest BCUT2D eigenvalue weighted by molar-refractivity contribution is 8.19. The average Bonchev–Trinajstić information content (AvgIpc) is 3.30. The lowest BCUT2D eigenvalue weighted by Crippen LogP contribution is -2.27. The van der Waals surface area contributed by atoms with Gasteiger partial charge in [0.1, 0.15) is 0 Å². The van der Waals surface area contributed by atoms with Crippen molar-refractivity contribution in [3.8, 4) is 0 Å². The molecular weight excluding hydrogens is 472 g/mol. The van der Waals surface area contributed by atoms with Gasteiger partial charge >= 0.3 is 5.97 Å². The Balaban J connectivity index is 1.51. The molecule has 0 radical (unpaired) electrons. The van der Waals surface area contributed by atoms with Crippen LogP contribution >= 0.6 is 23.4 Å². The van der Waals surface area contributed by atoms with Crippen LogP contribution in [0.3, 0.4) is 0 Å². The second-order valence-corrected chi connectivity index (χ2v) is 9.16. The first-order valence-corrected chi connectivity index (χ1v) is 11.5. The van der Waals surface area contributed by atoms with Crippen LogP contribution in [-0.4, -0.2) is 26.8 Å². The van der Waals surface area contributed by atoms with Crippen molar-refractivity contribution in [2.75, 3.05) is 4.90 Å². The van der Waals surface area contributed by atoms with Crippen LogP contribution in [0.5, 0.6) is 0 Å². The summed E-state index contributed by atoms with van der Waals surface area (Å²) in [5.41, 5.74) is 3.22. The zero-order valence-corrected chi connectivity index (χ0v) is 19.2. The van der Waals surface area contributed by atoms with E-state index in [0.717, 1.165) is 38.7 Å². The fraction of sp³-hybridized carbons (Fsp3) is 0.0385. The molecule has 1 aliphatic rings. The molecule has 1 aliphatic heterocycles. The molecule has 1 aromatic heterocycles. The molecule has 2 amide bonds. The SMILES string of the molecule is O=C(O)c1cccc(Cn2cc(/C=C3/SC(=O)N(c4cccc(Cl)c4)C3=O)c3ccccc32)c1. The van der Waals surface area contributed by atoms with Crippen LogP contribution in [0.4, 0.5) is 10.5 Å². The number of benzene rings is 3. The van der Waals surface area contributed by atoms with Crippen molar-refractivity contribution in [1.82, 2.24) is 4.57 Å². The van der Waals surface area contributed by atoms with E-state index in [0.29, 0.717) is 22.2 Å². The Hall–Kier alpha value is -3.81. The Morgan fingerprint density at radius 3 is 2.59 bits per heavy atom. The van der Waals surface area contributed by atoms with Gasteiger partial charge in [-0.1, -0.05) is 48.0 Å². The maximum Gasteiger partial charge on any atom is 0.335 e. The Labute approximate surface area is 204 Å². The lowest BCUT2D eigenvalue weighted by Gasteiger charge is -2.12. The van der Waals surface area contributed by atoms with Crippen LogP contribution in [0.1, 0.15) is 21.5 Å². The number of carbonyl (C=O) groups excluding carboxylic acids is 2. The number of anilines is 1. The predicted molar refractivity (Wildman–Crippen MR) is 134 cm³/mol. The van der Waals surface area contributed by atoms with Crippen molar-refractivity contribution in [1.29, 1.82) is 0 Å². The quantitative estimate of drug-likeness (QED) is 0.334. The second kappa shape index (κ2) is 8.85. The summed E-state index contributed by atoms with van der Waals surface area (Å²) in [6.45, 7) is 0.458. The molecule has 1 fully saturated rings. The van der Waals surface area contributed by atoms with Gasteiger partial charge < -0.3 is 9.67 Å². The molecule has 1 N–H and O–H groups in total. The van der Waals surface area contributed by atoms with Gasteiger partial charge in [0.15, 0.2) is 0 Å². The van der Waals surface area contributed by atoms with Gasteiger partial charge in [-0.15, -0.1) is 0 Å². The molecule has 8 heteroatoms. The second-order valence-electron chi connectivity index (χ2n) is 7.73. The smallest absolute Gasteiger partial charge is 0.335 e. The summed E-state index contributed by atoms with van der Waals surface area (Å²) < 4.78 is 2.00. The largest absolute Gasteiger partial charge is 0.478 e. The molecule has 6 nitrogen and oxygen atoms in total. The lowest BCUT2D eigenvalue weighted by atomic mass is 10.1. The number of aromatic carboxylic acids is 1. The van der Waals surface area contributed by atoms with Crippen molar-refractivity contribution in [2.45, 2.75) is 6.54 Å². The summed E-state index contributed by atoms with van der Waals surface area (Å²) in [6.07, 6.45) is 3.63. The normalized spacial score (nSPS) is 15.0. The van der Waals surface area contributed by atoms with E-state index in [1.165, 1.54) is 0 Å². The number of hydrogen-bond donors (Lipinski definition) is 1. The molecule has 0 spiro atoms. The number of fused-ring (bicyclic) bond motifs is 1. The Morgan fingerprint density at radius 2 is 1.79 bits per heavy atom. The molecule has 5 rings (SSSR count). The van der Waals surface area contributed by atoms with E-state index in [-0.39, 0.29) is 10.8 Å². The molecule has 1 saturated heterocycles. The fourth-order valence-electron chi connectivity index (χ4n) is 3.97. The van der Waals surface area contributed by atoms with E-state index < -0.39 is 11.9 Å². The Kier molecular flexibility index (Phi) is 5.73. The molecule has 0 aliphatic carbocycles. The van der Waals surface area contributed by atoms with Crippen molar-refractivity contribution >= 4 is 63.1 Å². The number of aromatic nitrogens is 1. The topological polar surface area (TPSA) is 79.6 Å². The summed E-state index contributed by atoms with van der Waals surface area (Å²) >= 11 is 6.93. The molecule has 0 atom stereocenters. The van der Waals surface area contributed by atoms with Gasteiger partial charge in [-0.05, 0) is 59.8 Å². The number of imide groups is 1. The maximum atomic E-state index is 13.1. The standard InChI is InChI=1S/C26H17ClN2O4S/c27-19-7-4-8-20(13-19)29-24(30)23(34-26(29)33)12-18-15-28(22-10-2-1-9-21(18)22)14-16-5-3-6-17(11-16)25(31)32/h1-13,15H,14H2,(H,31,32)/b23-12+. The van der Waals surface area contributed by atoms with Gasteiger partial charge in [-0.2, -0.15) is 0 Å². The lowest BCUT2D eigenvalue weighted by molar-refractivity contribution is -0.113. The number of carboxylic acid groups (broad SMARTS) is 1. The average molecular weight is 489 g/mol. The van der Waals surface area contributed by atoms with Crippen LogP contribution in [0.2, 0.25) is 5.02 Å². The van der Waals surface area contributed by atoms with Crippen LogP contribution in [0, 0.1) is 0 Å². The number of nitrogens with zero attached hydrogens (tertiary/aromatic N) is 2. The third-order valence-electron chi connectivity index (χ3n) is 5.49. The highest BCUT2D eigenvalue weighted by Gasteiger charge is 2.36. The maximum absolute atomic E-state index is 13.1. The highest BCUT2D eigenvalue weighted by atomic mass is 35.5. The minimum atomic E-state index is -0.977. The van der Waals surface area contributed by atoms with Gasteiger partial charge in [-0.3, -0.25) is 9.59 Å². The van der Waals surface area contributed by atoms with Crippen molar-refractivity contribution in [3.05, 3.63) is 106 Å². The zero-order chi connectivity index (χ0) is 23.8. The summed E-state index contributed by atoms with van der Waals surface area (Å²) in [6, 6.07) is 21.2. The molecule has 3 aromatic carbocycles. The first kappa shape index (κ1) is 22.0. The number of carbonyl (C=O) groups is 3. The van der Waals surface area contributed by atoms with Gasteiger partial charge in [0.25, 0.3) is 11.1 Å². The fourth-order valence-corrected chi connectivity index (χ4v) is 4.98. The first-order valence-electron chi connectivity index (χ1n) is 10.3. The molecule has 0 bridgehead atoms. The molecular formula is C26H17ClN2O4S. The molecule has 4 aromatic rings. The number of halogens is 1. The van der Waals surface area contributed by atoms with Crippen LogP contribution < -0.4 is 4.90 Å². The van der Waals surface area contributed by atoms with E-state index in [1.807, 2.05) is 41.1 Å². The summed E-state index contributed by atoms with van der Waals surface area (Å²) in [4.78, 5) is 38.5. The minimum absolute atomic E-state index is 0.226. The number of thioether (sulfide) groups is 1. The molecule has 34 heavy (non-hydrogen) atoms. The van der Waals surface area contributed by atoms with Crippen molar-refractivity contribution < 1.29 is 19.5 Å². The van der Waals surface area contributed by atoms with Crippen molar-refractivity contribution in [3.63, 3.8) is 0 Å². The minimum Gasteiger partial charge on any atom is -0.478 e. The molecule has 2 heterocycles. The Morgan fingerprint density at radius 1 is 1.00 bits per heavy atom. The number of rotatable bonds is 5. The molecule has 168 valence electrons. The van der Waals surface area contributed by atoms with Gasteiger partial charge in [-0.25, -0.2) is 9.69 Å². The van der Waals surface area contributed by atoms with E-state index in [1.54, 1.807) is 48.5 Å². The zero-order valence-electron chi connectivity index (χ0n) is 17.6. The predicted octanol–water partition coefficient (Wildman–Crippen LogP) is 6.28.